The van der Waals surface area contributed by atoms with Gasteiger partial charge in [0.15, 0.2) is 0 Å². The van der Waals surface area contributed by atoms with Crippen molar-refractivity contribution < 1.29 is 13.2 Å². The van der Waals surface area contributed by atoms with Gasteiger partial charge < -0.3 is 5.32 Å². The summed E-state index contributed by atoms with van der Waals surface area (Å²) in [7, 11) is -2.32. The molecule has 7 heteroatoms. The van der Waals surface area contributed by atoms with Gasteiger partial charge >= 0.3 is 0 Å². The Balaban J connectivity index is 1.89. The number of fused-ring (bicyclic) bond motifs is 1. The molecule has 132 valence electrons. The molecule has 0 spiro atoms. The molecule has 2 N–H and O–H groups in total. The van der Waals surface area contributed by atoms with Crippen molar-refractivity contribution in [2.75, 3.05) is 7.05 Å². The summed E-state index contributed by atoms with van der Waals surface area (Å²) in [6.07, 6.45) is 2.83. The molecule has 2 aromatic carbocycles. The second kappa shape index (κ2) is 7.15. The average molecular weight is 379 g/mol. The first-order valence-electron chi connectivity index (χ1n) is 8.04. The number of aryl methyl sites for hydroxylation is 1. The minimum Gasteiger partial charge on any atom is -0.345 e. The van der Waals surface area contributed by atoms with Crippen LogP contribution in [0.5, 0.6) is 0 Å². The summed E-state index contributed by atoms with van der Waals surface area (Å²) in [5.41, 5.74) is 2.50. The Labute approximate surface area is 152 Å². The lowest BCUT2D eigenvalue weighted by atomic mass is 9.87. The molecule has 25 heavy (non-hydrogen) atoms. The molecule has 1 aliphatic rings. The second-order valence-electron chi connectivity index (χ2n) is 5.97. The highest BCUT2D eigenvalue weighted by molar-refractivity contribution is 7.89. The Hall–Kier alpha value is -1.89. The Bertz CT molecular complexity index is 912. The molecule has 0 aromatic heterocycles. The normalized spacial score (nSPS) is 17.0. The van der Waals surface area contributed by atoms with Crippen LogP contribution in [0.3, 0.4) is 0 Å². The minimum absolute atomic E-state index is 0.00796. The molecule has 0 aliphatic heterocycles. The number of carbonyl (C=O) groups is 1. The molecule has 3 rings (SSSR count). The summed E-state index contributed by atoms with van der Waals surface area (Å²) < 4.78 is 26.1. The van der Waals surface area contributed by atoms with Crippen LogP contribution in [0.1, 0.15) is 40.4 Å². The third-order valence-corrected chi connectivity index (χ3v) is 6.18. The van der Waals surface area contributed by atoms with Gasteiger partial charge in [-0.2, -0.15) is 0 Å². The number of hydrogen-bond acceptors (Lipinski definition) is 3. The standard InChI is InChI=1S/C18H19ClN2O3S/c1-20-25(23,24)13-9-10-16(19)15(11-13)18(22)21-17-8-4-6-12-5-2-3-7-14(12)17/h2-3,5,7,9-11,17,20H,4,6,8H2,1H3,(H,21,22)/t17-/m1/s1. The Kier molecular flexibility index (Phi) is 5.13. The number of sulfonamides is 1. The van der Waals surface area contributed by atoms with Gasteiger partial charge in [0.1, 0.15) is 0 Å². The maximum absolute atomic E-state index is 12.7. The molecular formula is C18H19ClN2O3S. The van der Waals surface area contributed by atoms with E-state index < -0.39 is 10.0 Å². The second-order valence-corrected chi connectivity index (χ2v) is 8.26. The van der Waals surface area contributed by atoms with Gasteiger partial charge in [-0.05, 0) is 55.6 Å². The molecule has 0 saturated heterocycles. The number of halogens is 1. The highest BCUT2D eigenvalue weighted by Gasteiger charge is 2.24. The van der Waals surface area contributed by atoms with Crippen molar-refractivity contribution in [2.45, 2.75) is 30.2 Å². The number of nitrogens with one attached hydrogen (secondary N) is 2. The van der Waals surface area contributed by atoms with Gasteiger partial charge in [-0.25, -0.2) is 13.1 Å². The fraction of sp³-hybridized carbons (Fsp3) is 0.278. The van der Waals surface area contributed by atoms with Crippen molar-refractivity contribution in [1.82, 2.24) is 10.0 Å². The van der Waals surface area contributed by atoms with Gasteiger partial charge in [0.05, 0.1) is 21.5 Å². The van der Waals surface area contributed by atoms with E-state index in [1.165, 1.54) is 30.8 Å². The topological polar surface area (TPSA) is 75.3 Å². The molecule has 0 bridgehead atoms. The fourth-order valence-electron chi connectivity index (χ4n) is 3.10. The summed E-state index contributed by atoms with van der Waals surface area (Å²) >= 11 is 6.13. The maximum atomic E-state index is 12.7. The van der Waals surface area contributed by atoms with E-state index in [0.29, 0.717) is 0 Å². The van der Waals surface area contributed by atoms with Crippen LogP contribution in [0.15, 0.2) is 47.4 Å². The summed E-state index contributed by atoms with van der Waals surface area (Å²) in [6, 6.07) is 12.0. The fourth-order valence-corrected chi connectivity index (χ4v) is 4.06. The molecule has 0 unspecified atom stereocenters. The van der Waals surface area contributed by atoms with Gasteiger partial charge in [-0.3, -0.25) is 4.79 Å². The van der Waals surface area contributed by atoms with Gasteiger partial charge in [0.25, 0.3) is 5.91 Å². The smallest absolute Gasteiger partial charge is 0.253 e. The predicted molar refractivity (Wildman–Crippen MR) is 97.3 cm³/mol. The molecule has 1 aliphatic carbocycles. The highest BCUT2D eigenvalue weighted by atomic mass is 35.5. The Morgan fingerprint density at radius 2 is 1.96 bits per heavy atom. The Morgan fingerprint density at radius 1 is 1.20 bits per heavy atom. The monoisotopic (exact) mass is 378 g/mol. The zero-order valence-corrected chi connectivity index (χ0v) is 15.3. The molecule has 2 aromatic rings. The first-order valence-corrected chi connectivity index (χ1v) is 9.90. The first-order chi connectivity index (χ1) is 11.9. The number of rotatable bonds is 4. The number of benzene rings is 2. The van der Waals surface area contributed by atoms with Crippen LogP contribution >= 0.6 is 11.6 Å². The van der Waals surface area contributed by atoms with Gasteiger partial charge in [0, 0.05) is 0 Å². The van der Waals surface area contributed by atoms with E-state index in [1.807, 2.05) is 18.2 Å². The molecule has 0 saturated carbocycles. The van der Waals surface area contributed by atoms with E-state index in [0.717, 1.165) is 24.8 Å². The molecule has 5 nitrogen and oxygen atoms in total. The van der Waals surface area contributed by atoms with Crippen molar-refractivity contribution in [3.05, 3.63) is 64.2 Å². The van der Waals surface area contributed by atoms with Gasteiger partial charge in [0.2, 0.25) is 10.0 Å². The van der Waals surface area contributed by atoms with E-state index in [2.05, 4.69) is 16.1 Å². The largest absolute Gasteiger partial charge is 0.345 e. The summed E-state index contributed by atoms with van der Waals surface area (Å²) in [5, 5.41) is 3.21. The Morgan fingerprint density at radius 3 is 2.72 bits per heavy atom. The van der Waals surface area contributed by atoms with Crippen LogP contribution in [0.2, 0.25) is 5.02 Å². The average Bonchev–Trinajstić information content (AvgIpc) is 2.62. The van der Waals surface area contributed by atoms with Crippen molar-refractivity contribution in [1.29, 1.82) is 0 Å². The summed E-state index contributed by atoms with van der Waals surface area (Å²) in [5.74, 6) is -0.375. The van der Waals surface area contributed by atoms with Crippen LogP contribution in [-0.4, -0.2) is 21.4 Å². The van der Waals surface area contributed by atoms with Crippen LogP contribution < -0.4 is 10.0 Å². The van der Waals surface area contributed by atoms with Crippen LogP contribution in [0.4, 0.5) is 0 Å². The van der Waals surface area contributed by atoms with Crippen LogP contribution in [-0.2, 0) is 16.4 Å². The summed E-state index contributed by atoms with van der Waals surface area (Å²) in [6.45, 7) is 0. The lowest BCUT2D eigenvalue weighted by Gasteiger charge is -2.26. The van der Waals surface area contributed by atoms with Crippen molar-refractivity contribution in [3.8, 4) is 0 Å². The lowest BCUT2D eigenvalue weighted by Crippen LogP contribution is -2.31. The zero-order valence-electron chi connectivity index (χ0n) is 13.8. The van der Waals surface area contributed by atoms with Crippen molar-refractivity contribution in [3.63, 3.8) is 0 Å². The van der Waals surface area contributed by atoms with Crippen molar-refractivity contribution >= 4 is 27.5 Å². The van der Waals surface area contributed by atoms with Crippen LogP contribution in [0, 0.1) is 0 Å². The van der Waals surface area contributed by atoms with Crippen LogP contribution in [0.25, 0.3) is 0 Å². The van der Waals surface area contributed by atoms with Gasteiger partial charge in [-0.1, -0.05) is 35.9 Å². The van der Waals surface area contributed by atoms with E-state index in [1.54, 1.807) is 0 Å². The third-order valence-electron chi connectivity index (χ3n) is 4.44. The molecule has 0 radical (unpaired) electrons. The number of carbonyl (C=O) groups excluding carboxylic acids is 1. The molecule has 1 amide bonds. The van der Waals surface area contributed by atoms with E-state index >= 15 is 0 Å². The molecule has 0 fully saturated rings. The highest BCUT2D eigenvalue weighted by Crippen LogP contribution is 2.30. The molecule has 0 heterocycles. The zero-order chi connectivity index (χ0) is 18.0. The first kappa shape index (κ1) is 17.9. The quantitative estimate of drug-likeness (QED) is 0.858. The third kappa shape index (κ3) is 3.71. The lowest BCUT2D eigenvalue weighted by molar-refractivity contribution is 0.0932. The van der Waals surface area contributed by atoms with Crippen molar-refractivity contribution in [2.24, 2.45) is 0 Å². The van der Waals surface area contributed by atoms with E-state index in [9.17, 15) is 13.2 Å². The predicted octanol–water partition coefficient (Wildman–Crippen LogP) is 3.06. The van der Waals surface area contributed by atoms with Gasteiger partial charge in [-0.15, -0.1) is 0 Å². The van der Waals surface area contributed by atoms with E-state index in [4.69, 9.17) is 11.6 Å². The minimum atomic E-state index is -3.64. The molecule has 1 atom stereocenters. The number of amides is 1. The maximum Gasteiger partial charge on any atom is 0.253 e. The molecular weight excluding hydrogens is 360 g/mol. The van der Waals surface area contributed by atoms with E-state index in [-0.39, 0.29) is 27.4 Å². The SMILES string of the molecule is CNS(=O)(=O)c1ccc(Cl)c(C(=O)N[C@@H]2CCCc3ccccc32)c1. The number of hydrogen-bond donors (Lipinski definition) is 2. The summed E-state index contributed by atoms with van der Waals surface area (Å²) in [4.78, 5) is 12.7.